The predicted octanol–water partition coefficient (Wildman–Crippen LogP) is 3.48. The van der Waals surface area contributed by atoms with E-state index in [-0.39, 0.29) is 0 Å². The number of rotatable bonds is 1. The quantitative estimate of drug-likeness (QED) is 0.572. The Morgan fingerprint density at radius 2 is 2.27 bits per heavy atom. The molecule has 0 aromatic rings. The lowest BCUT2D eigenvalue weighted by Crippen LogP contribution is -2.15. The van der Waals surface area contributed by atoms with Gasteiger partial charge in [0, 0.05) is 16.1 Å². The number of allylic oxidation sites excluding steroid dienone is 4. The Labute approximate surface area is 75.9 Å². The van der Waals surface area contributed by atoms with Crippen LogP contribution in [0.15, 0.2) is 23.1 Å². The molecule has 2 unspecified atom stereocenters. The van der Waals surface area contributed by atoms with E-state index in [2.05, 4.69) is 32.1 Å². The molecule has 2 atom stereocenters. The highest BCUT2D eigenvalue weighted by Crippen LogP contribution is 2.54. The molecule has 11 heavy (non-hydrogen) atoms. The second kappa shape index (κ2) is 2.91. The van der Waals surface area contributed by atoms with Crippen LogP contribution >= 0.6 is 21.6 Å². The molecule has 0 radical (unpaired) electrons. The van der Waals surface area contributed by atoms with Gasteiger partial charge < -0.3 is 0 Å². The van der Waals surface area contributed by atoms with Crippen molar-refractivity contribution >= 4 is 21.6 Å². The maximum atomic E-state index is 2.34. The van der Waals surface area contributed by atoms with Crippen LogP contribution in [0.2, 0.25) is 0 Å². The zero-order valence-corrected chi connectivity index (χ0v) is 8.41. The molecule has 2 heteroatoms. The van der Waals surface area contributed by atoms with Gasteiger partial charge in [-0.3, -0.25) is 0 Å². The van der Waals surface area contributed by atoms with Gasteiger partial charge in [0.25, 0.3) is 0 Å². The third kappa shape index (κ3) is 1.27. The molecule has 1 aliphatic carbocycles. The molecule has 1 heterocycles. The van der Waals surface area contributed by atoms with Crippen LogP contribution in [0.25, 0.3) is 0 Å². The second-order valence-corrected chi connectivity index (χ2v) is 5.82. The molecule has 0 nitrogen and oxygen atoms in total. The summed E-state index contributed by atoms with van der Waals surface area (Å²) in [5, 5.41) is 0.810. The molecule has 0 N–H and O–H groups in total. The summed E-state index contributed by atoms with van der Waals surface area (Å²) in [7, 11) is 4.00. The van der Waals surface area contributed by atoms with Crippen molar-refractivity contribution in [2.75, 3.05) is 0 Å². The standard InChI is InChI=1S/C9H12S2/c1-6(2)9-7-4-3-5-8(7)10-11-9/h3-7,9H,1-2H3. The number of hydrogen-bond acceptors (Lipinski definition) is 2. The van der Waals surface area contributed by atoms with Crippen LogP contribution in [0.1, 0.15) is 13.8 Å². The van der Waals surface area contributed by atoms with Crippen LogP contribution in [0.3, 0.4) is 0 Å². The van der Waals surface area contributed by atoms with Crippen molar-refractivity contribution < 1.29 is 0 Å². The summed E-state index contributed by atoms with van der Waals surface area (Å²) in [4.78, 5) is 1.56. The summed E-state index contributed by atoms with van der Waals surface area (Å²) >= 11 is 0. The van der Waals surface area contributed by atoms with Gasteiger partial charge in [-0.1, -0.05) is 53.7 Å². The Balaban J connectivity index is 2.16. The molecule has 0 spiro atoms. The van der Waals surface area contributed by atoms with Gasteiger partial charge in [0.15, 0.2) is 0 Å². The summed E-state index contributed by atoms with van der Waals surface area (Å²) in [5.74, 6) is 1.54. The lowest BCUT2D eigenvalue weighted by atomic mass is 9.98. The van der Waals surface area contributed by atoms with Crippen molar-refractivity contribution in [1.29, 1.82) is 0 Å². The lowest BCUT2D eigenvalue weighted by Gasteiger charge is -2.16. The summed E-state index contributed by atoms with van der Waals surface area (Å²) in [5.41, 5.74) is 0. The van der Waals surface area contributed by atoms with E-state index in [4.69, 9.17) is 0 Å². The molecule has 1 fully saturated rings. The molecule has 0 amide bonds. The van der Waals surface area contributed by atoms with Gasteiger partial charge in [0.05, 0.1) is 0 Å². The van der Waals surface area contributed by atoms with Crippen molar-refractivity contribution in [3.05, 3.63) is 23.1 Å². The van der Waals surface area contributed by atoms with E-state index < -0.39 is 0 Å². The highest BCUT2D eigenvalue weighted by molar-refractivity contribution is 8.78. The van der Waals surface area contributed by atoms with Crippen LogP contribution in [0.5, 0.6) is 0 Å². The van der Waals surface area contributed by atoms with Gasteiger partial charge in [-0.25, -0.2) is 0 Å². The van der Waals surface area contributed by atoms with Crippen molar-refractivity contribution in [2.45, 2.75) is 19.1 Å². The molecule has 0 saturated carbocycles. The molecule has 1 aliphatic heterocycles. The molecule has 0 aromatic carbocycles. The van der Waals surface area contributed by atoms with E-state index in [1.807, 2.05) is 21.6 Å². The average Bonchev–Trinajstić information content (AvgIpc) is 2.41. The third-order valence-electron chi connectivity index (χ3n) is 2.17. The van der Waals surface area contributed by atoms with E-state index in [1.54, 1.807) is 4.91 Å². The smallest absolute Gasteiger partial charge is 0.0286 e. The first-order valence-corrected chi connectivity index (χ1v) is 6.22. The number of hydrogen-bond donors (Lipinski definition) is 0. The maximum absolute atomic E-state index is 2.34. The Kier molecular flexibility index (Phi) is 2.06. The first kappa shape index (κ1) is 7.81. The first-order chi connectivity index (χ1) is 5.29. The van der Waals surface area contributed by atoms with Gasteiger partial charge in [-0.05, 0) is 5.92 Å². The molecule has 0 aromatic heterocycles. The topological polar surface area (TPSA) is 0 Å². The summed E-state index contributed by atoms with van der Waals surface area (Å²) in [6, 6.07) is 0. The van der Waals surface area contributed by atoms with Crippen LogP contribution in [-0.2, 0) is 0 Å². The molecule has 2 rings (SSSR count). The minimum atomic E-state index is 0.741. The fourth-order valence-corrected chi connectivity index (χ4v) is 5.08. The average molecular weight is 184 g/mol. The minimum Gasteiger partial charge on any atom is -0.0846 e. The van der Waals surface area contributed by atoms with Crippen molar-refractivity contribution in [3.8, 4) is 0 Å². The van der Waals surface area contributed by atoms with Gasteiger partial charge >= 0.3 is 0 Å². The fourth-order valence-electron chi connectivity index (χ4n) is 1.53. The molecular weight excluding hydrogens is 172 g/mol. The largest absolute Gasteiger partial charge is 0.0846 e. The Hall–Kier alpha value is 0.180. The maximum Gasteiger partial charge on any atom is 0.0286 e. The van der Waals surface area contributed by atoms with Crippen LogP contribution < -0.4 is 0 Å². The minimum absolute atomic E-state index is 0.741. The monoisotopic (exact) mass is 184 g/mol. The van der Waals surface area contributed by atoms with Crippen molar-refractivity contribution in [2.24, 2.45) is 11.8 Å². The molecule has 0 bridgehead atoms. The van der Waals surface area contributed by atoms with Gasteiger partial charge in [-0.2, -0.15) is 0 Å². The highest BCUT2D eigenvalue weighted by Gasteiger charge is 2.34. The lowest BCUT2D eigenvalue weighted by molar-refractivity contribution is 0.557. The van der Waals surface area contributed by atoms with Crippen LogP contribution in [-0.4, -0.2) is 5.25 Å². The van der Waals surface area contributed by atoms with Crippen molar-refractivity contribution in [1.82, 2.24) is 0 Å². The summed E-state index contributed by atoms with van der Waals surface area (Å²) in [6.45, 7) is 4.63. The predicted molar refractivity (Wildman–Crippen MR) is 54.5 cm³/mol. The Bertz CT molecular complexity index is 216. The zero-order chi connectivity index (χ0) is 7.84. The Morgan fingerprint density at radius 1 is 1.45 bits per heavy atom. The van der Waals surface area contributed by atoms with Crippen LogP contribution in [0, 0.1) is 11.8 Å². The van der Waals surface area contributed by atoms with E-state index in [9.17, 15) is 0 Å². The second-order valence-electron chi connectivity index (χ2n) is 3.37. The summed E-state index contributed by atoms with van der Waals surface area (Å²) < 4.78 is 0. The SMILES string of the molecule is CC(C)C1SSC2=CC=CC21. The van der Waals surface area contributed by atoms with Gasteiger partial charge in [0.2, 0.25) is 0 Å². The fraction of sp³-hybridized carbons (Fsp3) is 0.556. The molecule has 1 saturated heterocycles. The van der Waals surface area contributed by atoms with E-state index in [0.29, 0.717) is 0 Å². The van der Waals surface area contributed by atoms with Gasteiger partial charge in [-0.15, -0.1) is 0 Å². The first-order valence-electron chi connectivity index (χ1n) is 4.01. The van der Waals surface area contributed by atoms with Crippen molar-refractivity contribution in [3.63, 3.8) is 0 Å². The normalized spacial score (nSPS) is 34.6. The molecule has 60 valence electrons. The van der Waals surface area contributed by atoms with Crippen LogP contribution in [0.4, 0.5) is 0 Å². The van der Waals surface area contributed by atoms with Gasteiger partial charge in [0.1, 0.15) is 0 Å². The van der Waals surface area contributed by atoms with E-state index in [1.165, 1.54) is 0 Å². The zero-order valence-electron chi connectivity index (χ0n) is 6.78. The Morgan fingerprint density at radius 3 is 3.00 bits per heavy atom. The number of fused-ring (bicyclic) bond motifs is 1. The molecular formula is C9H12S2. The molecule has 2 aliphatic rings. The third-order valence-corrected chi connectivity index (χ3v) is 5.46. The highest BCUT2D eigenvalue weighted by atomic mass is 33.1. The van der Waals surface area contributed by atoms with E-state index in [0.717, 1.165) is 17.1 Å². The summed E-state index contributed by atoms with van der Waals surface area (Å²) in [6.07, 6.45) is 6.79. The van der Waals surface area contributed by atoms with E-state index >= 15 is 0 Å².